The van der Waals surface area contributed by atoms with Crippen LogP contribution >= 0.6 is 0 Å². The summed E-state index contributed by atoms with van der Waals surface area (Å²) in [4.78, 5) is 24.9. The zero-order valence-corrected chi connectivity index (χ0v) is 22.6. The number of allylic oxidation sites excluding steroid dienone is 1. The van der Waals surface area contributed by atoms with Crippen molar-refractivity contribution in [1.82, 2.24) is 0 Å². The van der Waals surface area contributed by atoms with Gasteiger partial charge in [0.25, 0.3) is 0 Å². The number of ether oxygens (including phenoxy) is 1. The molecule has 34 heavy (non-hydrogen) atoms. The summed E-state index contributed by atoms with van der Waals surface area (Å²) < 4.78 is 5.86. The van der Waals surface area contributed by atoms with Gasteiger partial charge in [-0.05, 0) is 103 Å². The molecule has 0 heterocycles. The highest BCUT2D eigenvalue weighted by atomic mass is 16.5. The molecule has 0 bridgehead atoms. The van der Waals surface area contributed by atoms with Crippen LogP contribution in [-0.2, 0) is 14.3 Å². The summed E-state index contributed by atoms with van der Waals surface area (Å²) in [6.07, 6.45) is 9.68. The van der Waals surface area contributed by atoms with E-state index in [-0.39, 0.29) is 34.4 Å². The van der Waals surface area contributed by atoms with Gasteiger partial charge in [-0.2, -0.15) is 0 Å². The van der Waals surface area contributed by atoms with Crippen LogP contribution in [0.3, 0.4) is 0 Å². The molecule has 0 aromatic carbocycles. The summed E-state index contributed by atoms with van der Waals surface area (Å²) in [7, 11) is 0. The Kier molecular flexibility index (Phi) is 5.53. The molecular formula is C30H47NO3. The molecule has 0 aromatic heterocycles. The van der Waals surface area contributed by atoms with Gasteiger partial charge in [0, 0.05) is 24.3 Å². The number of nitrogens with two attached hydrogens (primary N) is 1. The first-order valence-corrected chi connectivity index (χ1v) is 14.0. The second-order valence-electron chi connectivity index (χ2n) is 14.2. The first kappa shape index (κ1) is 24.5. The fraction of sp³-hybridized carbons (Fsp3) is 0.867. The Morgan fingerprint density at radius 3 is 2.26 bits per heavy atom. The molecule has 8 atom stereocenters. The van der Waals surface area contributed by atoms with Crippen LogP contribution in [0.1, 0.15) is 106 Å². The van der Waals surface area contributed by atoms with Gasteiger partial charge in [0.2, 0.25) is 0 Å². The van der Waals surface area contributed by atoms with Crippen molar-refractivity contribution >= 4 is 11.8 Å². The predicted octanol–water partition coefficient (Wildman–Crippen LogP) is 6.22. The topological polar surface area (TPSA) is 69.4 Å². The monoisotopic (exact) mass is 469 g/mol. The van der Waals surface area contributed by atoms with Crippen LogP contribution in [-0.4, -0.2) is 23.4 Å². The molecule has 0 aliphatic heterocycles. The largest absolute Gasteiger partial charge is 0.462 e. The van der Waals surface area contributed by atoms with E-state index in [1.165, 1.54) is 31.3 Å². The lowest BCUT2D eigenvalue weighted by Gasteiger charge is -2.68. The average molecular weight is 470 g/mol. The molecule has 3 unspecified atom stereocenters. The highest BCUT2D eigenvalue weighted by Crippen LogP contribution is 2.72. The third-order valence-electron chi connectivity index (χ3n) is 11.9. The molecule has 0 saturated heterocycles. The van der Waals surface area contributed by atoms with Crippen molar-refractivity contribution in [2.45, 2.75) is 118 Å². The molecule has 2 N–H and O–H groups in total. The van der Waals surface area contributed by atoms with E-state index >= 15 is 0 Å². The molecule has 4 nitrogen and oxygen atoms in total. The maximum Gasteiger partial charge on any atom is 0.302 e. The van der Waals surface area contributed by atoms with E-state index in [0.29, 0.717) is 41.3 Å². The zero-order chi connectivity index (χ0) is 24.8. The SMILES string of the molecule is CC(=O)O[C@H]1CC[C@@]2(C)C(CC[C@@]3(C)C4CC[C@@]5(N)CC(=O)C(C(C)C)=C5[C@H]4CCC32)C1(C)C. The average Bonchev–Trinajstić information content (AvgIpc) is 3.00. The van der Waals surface area contributed by atoms with Crippen molar-refractivity contribution in [3.05, 3.63) is 11.1 Å². The van der Waals surface area contributed by atoms with Crippen molar-refractivity contribution < 1.29 is 14.3 Å². The molecule has 5 aliphatic carbocycles. The lowest BCUT2D eigenvalue weighted by atomic mass is 9.37. The van der Waals surface area contributed by atoms with E-state index in [0.717, 1.165) is 31.3 Å². The molecule has 5 aliphatic rings. The highest BCUT2D eigenvalue weighted by molar-refractivity contribution is 6.01. The number of ketones is 1. The van der Waals surface area contributed by atoms with Crippen molar-refractivity contribution in [2.75, 3.05) is 0 Å². The summed E-state index contributed by atoms with van der Waals surface area (Å²) in [6.45, 7) is 15.8. The first-order chi connectivity index (χ1) is 15.8. The molecule has 0 aromatic rings. The fourth-order valence-electron chi connectivity index (χ4n) is 10.7. The summed E-state index contributed by atoms with van der Waals surface area (Å²) in [5, 5.41) is 0. The number of fused-ring (bicyclic) bond motifs is 7. The van der Waals surface area contributed by atoms with Gasteiger partial charge in [-0.15, -0.1) is 0 Å². The van der Waals surface area contributed by atoms with Crippen molar-refractivity contribution in [3.63, 3.8) is 0 Å². The van der Waals surface area contributed by atoms with Gasteiger partial charge in [-0.25, -0.2) is 0 Å². The fourth-order valence-corrected chi connectivity index (χ4v) is 10.7. The number of carbonyl (C=O) groups is 2. The third kappa shape index (κ3) is 3.19. The number of rotatable bonds is 2. The van der Waals surface area contributed by atoms with Gasteiger partial charge >= 0.3 is 5.97 Å². The minimum atomic E-state index is -0.383. The van der Waals surface area contributed by atoms with Crippen LogP contribution in [0.25, 0.3) is 0 Å². The van der Waals surface area contributed by atoms with E-state index < -0.39 is 0 Å². The standard InChI is InChI=1S/C30H47NO3/c1-17(2)25-21(33)16-30(31)15-10-20-19(26(25)30)8-9-23-28(20,6)13-11-22-27(4,5)24(34-18(3)32)12-14-29(22,23)7/h17,19-20,22-24H,8-16,31H2,1-7H3/t19-,20?,22?,23?,24-,28-,29-,30+/m0/s1. The van der Waals surface area contributed by atoms with E-state index in [1.54, 1.807) is 6.92 Å². The van der Waals surface area contributed by atoms with Crippen LogP contribution in [0, 0.1) is 45.8 Å². The van der Waals surface area contributed by atoms with Crippen LogP contribution < -0.4 is 5.73 Å². The summed E-state index contributed by atoms with van der Waals surface area (Å²) in [5.41, 5.74) is 9.64. The third-order valence-corrected chi connectivity index (χ3v) is 11.9. The Hall–Kier alpha value is -1.16. The van der Waals surface area contributed by atoms with E-state index in [2.05, 4.69) is 41.5 Å². The Labute approximate surface area is 206 Å². The molecule has 0 amide bonds. The maximum absolute atomic E-state index is 13.1. The lowest BCUT2D eigenvalue weighted by molar-refractivity contribution is -0.211. The van der Waals surface area contributed by atoms with Crippen LogP contribution in [0.15, 0.2) is 11.1 Å². The Morgan fingerprint density at radius 2 is 1.62 bits per heavy atom. The normalized spacial score (nSPS) is 47.6. The Morgan fingerprint density at radius 1 is 0.941 bits per heavy atom. The zero-order valence-electron chi connectivity index (χ0n) is 22.6. The van der Waals surface area contributed by atoms with Crippen molar-refractivity contribution in [2.24, 2.45) is 51.6 Å². The number of hydrogen-bond donors (Lipinski definition) is 1. The minimum Gasteiger partial charge on any atom is -0.462 e. The second kappa shape index (κ2) is 7.67. The number of hydrogen-bond acceptors (Lipinski definition) is 4. The smallest absolute Gasteiger partial charge is 0.302 e. The first-order valence-electron chi connectivity index (χ1n) is 14.0. The number of Topliss-reactive ketones (excluding diaryl/α,β-unsaturated/α-hetero) is 1. The maximum atomic E-state index is 13.1. The van der Waals surface area contributed by atoms with E-state index in [4.69, 9.17) is 10.5 Å². The molecule has 4 saturated carbocycles. The van der Waals surface area contributed by atoms with E-state index in [9.17, 15) is 9.59 Å². The molecule has 4 heteroatoms. The molecule has 190 valence electrons. The van der Waals surface area contributed by atoms with Gasteiger partial charge in [-0.3, -0.25) is 9.59 Å². The molecule has 4 fully saturated rings. The van der Waals surface area contributed by atoms with Crippen molar-refractivity contribution in [1.29, 1.82) is 0 Å². The number of carbonyl (C=O) groups excluding carboxylic acids is 2. The Balaban J connectivity index is 1.50. The van der Waals surface area contributed by atoms with Gasteiger partial charge in [-0.1, -0.05) is 41.5 Å². The van der Waals surface area contributed by atoms with Crippen molar-refractivity contribution in [3.8, 4) is 0 Å². The summed E-state index contributed by atoms with van der Waals surface area (Å²) in [5.74, 6) is 2.81. The Bertz CT molecular complexity index is 933. The molecule has 0 spiro atoms. The van der Waals surface area contributed by atoms with Gasteiger partial charge in [0.05, 0.1) is 0 Å². The minimum absolute atomic E-state index is 0.00103. The molecule has 5 rings (SSSR count). The van der Waals surface area contributed by atoms with Crippen LogP contribution in [0.2, 0.25) is 0 Å². The molecular weight excluding hydrogens is 422 g/mol. The van der Waals surface area contributed by atoms with E-state index in [1.807, 2.05) is 0 Å². The van der Waals surface area contributed by atoms with Crippen LogP contribution in [0.5, 0.6) is 0 Å². The highest BCUT2D eigenvalue weighted by Gasteiger charge is 2.66. The quantitative estimate of drug-likeness (QED) is 0.487. The predicted molar refractivity (Wildman–Crippen MR) is 135 cm³/mol. The summed E-state index contributed by atoms with van der Waals surface area (Å²) in [6, 6.07) is 0. The van der Waals surface area contributed by atoms with Gasteiger partial charge in [0.1, 0.15) is 6.10 Å². The summed E-state index contributed by atoms with van der Waals surface area (Å²) >= 11 is 0. The second-order valence-corrected chi connectivity index (χ2v) is 14.2. The molecule has 0 radical (unpaired) electrons. The van der Waals surface area contributed by atoms with Gasteiger partial charge < -0.3 is 10.5 Å². The number of esters is 1. The van der Waals surface area contributed by atoms with Gasteiger partial charge in [0.15, 0.2) is 5.78 Å². The van der Waals surface area contributed by atoms with Crippen LogP contribution in [0.4, 0.5) is 0 Å². The lowest BCUT2D eigenvalue weighted by Crippen LogP contribution is -2.63.